The molecule has 4 heteroatoms. The highest BCUT2D eigenvalue weighted by Crippen LogP contribution is 2.32. The van der Waals surface area contributed by atoms with E-state index in [-0.39, 0.29) is 12.4 Å². The van der Waals surface area contributed by atoms with E-state index < -0.39 is 0 Å². The summed E-state index contributed by atoms with van der Waals surface area (Å²) in [5, 5.41) is 3.55. The first-order chi connectivity index (χ1) is 12.8. The summed E-state index contributed by atoms with van der Waals surface area (Å²) in [6.45, 7) is 7.28. The molecule has 0 fully saturated rings. The van der Waals surface area contributed by atoms with Crippen LogP contribution in [0.2, 0.25) is 0 Å². The highest BCUT2D eigenvalue weighted by atomic mass is 35.5. The molecule has 2 aromatic carbocycles. The third kappa shape index (κ3) is 8.68. The lowest BCUT2D eigenvalue weighted by molar-refractivity contribution is 0.266. The van der Waals surface area contributed by atoms with Gasteiger partial charge in [0.2, 0.25) is 0 Å². The second kappa shape index (κ2) is 14.4. The smallest absolute Gasteiger partial charge is 0.166 e. The minimum absolute atomic E-state index is 0. The summed E-state index contributed by atoms with van der Waals surface area (Å²) in [7, 11) is 0. The molecule has 0 saturated heterocycles. The third-order valence-electron chi connectivity index (χ3n) is 4.36. The lowest BCUT2D eigenvalue weighted by Gasteiger charge is -2.16. The quantitative estimate of drug-likeness (QED) is 0.415. The Morgan fingerprint density at radius 1 is 0.815 bits per heavy atom. The molecule has 0 aliphatic rings. The summed E-state index contributed by atoms with van der Waals surface area (Å²) in [5.41, 5.74) is 2.31. The van der Waals surface area contributed by atoms with Crippen molar-refractivity contribution in [2.45, 2.75) is 59.1 Å². The highest BCUT2D eigenvalue weighted by Gasteiger charge is 2.11. The summed E-state index contributed by atoms with van der Waals surface area (Å²) in [6.07, 6.45) is 6.50. The standard InChI is InChI=1S/C23H33NO2.ClH/c1-3-5-6-7-11-17-24-18-21-15-12-16-22(25-4-2)23(21)26-19-20-13-9-8-10-14-20;/h8-10,12-16,24H,3-7,11,17-19H2,1-2H3;1H. The third-order valence-corrected chi connectivity index (χ3v) is 4.36. The van der Waals surface area contributed by atoms with E-state index in [1.54, 1.807) is 0 Å². The van der Waals surface area contributed by atoms with Gasteiger partial charge in [0.1, 0.15) is 6.61 Å². The maximum absolute atomic E-state index is 6.15. The van der Waals surface area contributed by atoms with Crippen LogP contribution in [0, 0.1) is 0 Å². The number of hydrogen-bond donors (Lipinski definition) is 1. The second-order valence-electron chi connectivity index (χ2n) is 6.54. The summed E-state index contributed by atoms with van der Waals surface area (Å²) >= 11 is 0. The Bertz CT molecular complexity index is 619. The van der Waals surface area contributed by atoms with E-state index in [0.29, 0.717) is 13.2 Å². The van der Waals surface area contributed by atoms with Crippen molar-refractivity contribution < 1.29 is 9.47 Å². The zero-order valence-corrected chi connectivity index (χ0v) is 17.5. The van der Waals surface area contributed by atoms with Crippen LogP contribution in [0.4, 0.5) is 0 Å². The van der Waals surface area contributed by atoms with E-state index in [9.17, 15) is 0 Å². The van der Waals surface area contributed by atoms with Gasteiger partial charge in [-0.3, -0.25) is 0 Å². The molecule has 0 radical (unpaired) electrons. The first-order valence-electron chi connectivity index (χ1n) is 9.97. The zero-order chi connectivity index (χ0) is 18.5. The fourth-order valence-corrected chi connectivity index (χ4v) is 2.94. The molecule has 0 saturated carbocycles. The predicted molar refractivity (Wildman–Crippen MR) is 116 cm³/mol. The van der Waals surface area contributed by atoms with Crippen LogP contribution in [0.25, 0.3) is 0 Å². The highest BCUT2D eigenvalue weighted by molar-refractivity contribution is 5.85. The van der Waals surface area contributed by atoms with Crippen LogP contribution in [0.3, 0.4) is 0 Å². The monoisotopic (exact) mass is 391 g/mol. The number of hydrogen-bond acceptors (Lipinski definition) is 3. The molecule has 0 bridgehead atoms. The van der Waals surface area contributed by atoms with E-state index in [2.05, 4.69) is 30.4 Å². The average Bonchev–Trinajstić information content (AvgIpc) is 2.67. The molecular formula is C23H34ClNO2. The Balaban J connectivity index is 0.00000364. The van der Waals surface area contributed by atoms with Crippen LogP contribution < -0.4 is 14.8 Å². The molecule has 3 nitrogen and oxygen atoms in total. The molecular weight excluding hydrogens is 358 g/mol. The first kappa shape index (κ1) is 23.3. The van der Waals surface area contributed by atoms with E-state index in [4.69, 9.17) is 9.47 Å². The normalized spacial score (nSPS) is 10.3. The van der Waals surface area contributed by atoms with Crippen LogP contribution in [-0.2, 0) is 13.2 Å². The molecule has 1 N–H and O–H groups in total. The van der Waals surface area contributed by atoms with E-state index in [1.165, 1.54) is 32.1 Å². The first-order valence-corrected chi connectivity index (χ1v) is 9.97. The lowest BCUT2D eigenvalue weighted by Crippen LogP contribution is -2.16. The van der Waals surface area contributed by atoms with Gasteiger partial charge in [-0.05, 0) is 31.5 Å². The molecule has 2 aromatic rings. The van der Waals surface area contributed by atoms with Gasteiger partial charge in [0, 0.05) is 12.1 Å². The van der Waals surface area contributed by atoms with Gasteiger partial charge in [0.05, 0.1) is 6.61 Å². The van der Waals surface area contributed by atoms with Crippen molar-refractivity contribution in [2.75, 3.05) is 13.2 Å². The van der Waals surface area contributed by atoms with E-state index in [0.717, 1.165) is 35.7 Å². The van der Waals surface area contributed by atoms with Crippen LogP contribution >= 0.6 is 12.4 Å². The maximum Gasteiger partial charge on any atom is 0.166 e. The maximum atomic E-state index is 6.15. The second-order valence-corrected chi connectivity index (χ2v) is 6.54. The van der Waals surface area contributed by atoms with Crippen molar-refractivity contribution in [2.24, 2.45) is 0 Å². The van der Waals surface area contributed by atoms with E-state index >= 15 is 0 Å². The molecule has 0 atom stereocenters. The number of para-hydroxylation sites is 1. The van der Waals surface area contributed by atoms with Crippen LogP contribution in [0.1, 0.15) is 57.1 Å². The minimum Gasteiger partial charge on any atom is -0.490 e. The Hall–Kier alpha value is -1.71. The minimum atomic E-state index is 0. The molecule has 0 aromatic heterocycles. The summed E-state index contributed by atoms with van der Waals surface area (Å²) in [6, 6.07) is 16.4. The Labute approximate surface area is 170 Å². The van der Waals surface area contributed by atoms with Gasteiger partial charge in [-0.25, -0.2) is 0 Å². The van der Waals surface area contributed by atoms with Crippen molar-refractivity contribution in [1.29, 1.82) is 0 Å². The topological polar surface area (TPSA) is 30.5 Å². The largest absolute Gasteiger partial charge is 0.490 e. The Morgan fingerprint density at radius 3 is 2.33 bits per heavy atom. The van der Waals surface area contributed by atoms with Gasteiger partial charge >= 0.3 is 0 Å². The Kier molecular flexibility index (Phi) is 12.4. The molecule has 2 rings (SSSR count). The fraction of sp³-hybridized carbons (Fsp3) is 0.478. The Morgan fingerprint density at radius 2 is 1.59 bits per heavy atom. The van der Waals surface area contributed by atoms with Gasteiger partial charge in [0.25, 0.3) is 0 Å². The van der Waals surface area contributed by atoms with Crippen molar-refractivity contribution in [3.05, 3.63) is 59.7 Å². The fourth-order valence-electron chi connectivity index (χ4n) is 2.94. The molecule has 0 unspecified atom stereocenters. The van der Waals surface area contributed by atoms with Gasteiger partial charge in [-0.2, -0.15) is 0 Å². The molecule has 150 valence electrons. The predicted octanol–water partition coefficient (Wildman–Crippen LogP) is 6.15. The van der Waals surface area contributed by atoms with Gasteiger partial charge < -0.3 is 14.8 Å². The number of ether oxygens (including phenoxy) is 2. The number of nitrogens with one attached hydrogen (secondary N) is 1. The van der Waals surface area contributed by atoms with Gasteiger partial charge in [-0.1, -0.05) is 75.1 Å². The average molecular weight is 392 g/mol. The summed E-state index contributed by atoms with van der Waals surface area (Å²) < 4.78 is 11.9. The van der Waals surface area contributed by atoms with Gasteiger partial charge in [0.15, 0.2) is 11.5 Å². The molecule has 27 heavy (non-hydrogen) atoms. The number of unbranched alkanes of at least 4 members (excludes halogenated alkanes) is 4. The summed E-state index contributed by atoms with van der Waals surface area (Å²) in [4.78, 5) is 0. The van der Waals surface area contributed by atoms with Crippen molar-refractivity contribution in [3.8, 4) is 11.5 Å². The van der Waals surface area contributed by atoms with Gasteiger partial charge in [-0.15, -0.1) is 12.4 Å². The number of halogens is 1. The zero-order valence-electron chi connectivity index (χ0n) is 16.7. The van der Waals surface area contributed by atoms with Crippen molar-refractivity contribution in [3.63, 3.8) is 0 Å². The molecule has 0 aliphatic carbocycles. The van der Waals surface area contributed by atoms with Crippen molar-refractivity contribution >= 4 is 12.4 Å². The van der Waals surface area contributed by atoms with Crippen molar-refractivity contribution in [1.82, 2.24) is 5.32 Å². The summed E-state index contributed by atoms with van der Waals surface area (Å²) in [5.74, 6) is 1.68. The van der Waals surface area contributed by atoms with Crippen LogP contribution in [0.15, 0.2) is 48.5 Å². The number of benzene rings is 2. The van der Waals surface area contributed by atoms with Crippen LogP contribution in [-0.4, -0.2) is 13.2 Å². The number of rotatable bonds is 13. The molecule has 0 aliphatic heterocycles. The molecule has 0 heterocycles. The van der Waals surface area contributed by atoms with Crippen LogP contribution in [0.5, 0.6) is 11.5 Å². The SMILES string of the molecule is CCCCCCCNCc1cccc(OCC)c1OCc1ccccc1.Cl. The van der Waals surface area contributed by atoms with E-state index in [1.807, 2.05) is 37.3 Å². The lowest BCUT2D eigenvalue weighted by atomic mass is 10.1. The molecule has 0 spiro atoms. The molecule has 0 amide bonds.